The van der Waals surface area contributed by atoms with E-state index < -0.39 is 0 Å². The SMILES string of the molecule is CC(C)(C)CCCC1C(=O)CCC1=O. The largest absolute Gasteiger partial charge is 0.299 e. The molecule has 2 heteroatoms. The smallest absolute Gasteiger partial charge is 0.143 e. The summed E-state index contributed by atoms with van der Waals surface area (Å²) in [7, 11) is 0. The topological polar surface area (TPSA) is 34.1 Å². The van der Waals surface area contributed by atoms with Gasteiger partial charge >= 0.3 is 0 Å². The quantitative estimate of drug-likeness (QED) is 0.650. The van der Waals surface area contributed by atoms with Gasteiger partial charge in [0.05, 0.1) is 5.92 Å². The molecule has 0 saturated heterocycles. The first-order chi connectivity index (χ1) is 6.40. The lowest BCUT2D eigenvalue weighted by Crippen LogP contribution is -2.15. The number of ketones is 2. The van der Waals surface area contributed by atoms with Crippen LogP contribution in [0, 0.1) is 11.3 Å². The number of rotatable bonds is 3. The van der Waals surface area contributed by atoms with Gasteiger partial charge in [-0.25, -0.2) is 0 Å². The molecule has 80 valence electrons. The minimum atomic E-state index is -0.252. The van der Waals surface area contributed by atoms with E-state index in [0.29, 0.717) is 18.3 Å². The van der Waals surface area contributed by atoms with Crippen molar-refractivity contribution in [1.29, 1.82) is 0 Å². The monoisotopic (exact) mass is 196 g/mol. The van der Waals surface area contributed by atoms with Gasteiger partial charge in [-0.3, -0.25) is 9.59 Å². The van der Waals surface area contributed by atoms with Crippen molar-refractivity contribution in [3.8, 4) is 0 Å². The Balaban J connectivity index is 2.31. The molecule has 1 saturated carbocycles. The third kappa shape index (κ3) is 3.24. The van der Waals surface area contributed by atoms with Gasteiger partial charge in [0, 0.05) is 12.8 Å². The van der Waals surface area contributed by atoms with Crippen molar-refractivity contribution in [2.75, 3.05) is 0 Å². The van der Waals surface area contributed by atoms with Gasteiger partial charge in [0.2, 0.25) is 0 Å². The second-order valence-electron chi connectivity index (χ2n) is 5.44. The van der Waals surface area contributed by atoms with Crippen LogP contribution in [0.25, 0.3) is 0 Å². The van der Waals surface area contributed by atoms with Crippen LogP contribution in [-0.4, -0.2) is 11.6 Å². The first-order valence-corrected chi connectivity index (χ1v) is 5.45. The summed E-state index contributed by atoms with van der Waals surface area (Å²) in [6, 6.07) is 0. The van der Waals surface area contributed by atoms with Crippen LogP contribution in [-0.2, 0) is 9.59 Å². The Bertz CT molecular complexity index is 219. The van der Waals surface area contributed by atoms with Crippen molar-refractivity contribution in [2.24, 2.45) is 11.3 Å². The zero-order valence-corrected chi connectivity index (χ0v) is 9.43. The summed E-state index contributed by atoms with van der Waals surface area (Å²) in [5, 5.41) is 0. The Morgan fingerprint density at radius 2 is 1.64 bits per heavy atom. The van der Waals surface area contributed by atoms with Gasteiger partial charge in [-0.1, -0.05) is 27.2 Å². The fraction of sp³-hybridized carbons (Fsp3) is 0.833. The molecule has 0 unspecified atom stereocenters. The molecule has 0 heterocycles. The van der Waals surface area contributed by atoms with E-state index in [4.69, 9.17) is 0 Å². The van der Waals surface area contributed by atoms with Crippen LogP contribution in [0.2, 0.25) is 0 Å². The average molecular weight is 196 g/mol. The van der Waals surface area contributed by atoms with E-state index >= 15 is 0 Å². The molecule has 2 nitrogen and oxygen atoms in total. The van der Waals surface area contributed by atoms with E-state index in [1.165, 1.54) is 0 Å². The number of Topliss-reactive ketones (excluding diaryl/α,β-unsaturated/α-hetero) is 2. The zero-order chi connectivity index (χ0) is 10.8. The van der Waals surface area contributed by atoms with Crippen LogP contribution in [0.3, 0.4) is 0 Å². The highest BCUT2D eigenvalue weighted by atomic mass is 16.2. The highest BCUT2D eigenvalue weighted by Gasteiger charge is 2.32. The van der Waals surface area contributed by atoms with Gasteiger partial charge in [-0.05, 0) is 18.3 Å². The first-order valence-electron chi connectivity index (χ1n) is 5.45. The highest BCUT2D eigenvalue weighted by molar-refractivity contribution is 6.08. The molecule has 1 rings (SSSR count). The number of carbonyl (C=O) groups excluding carboxylic acids is 2. The summed E-state index contributed by atoms with van der Waals surface area (Å²) in [6.45, 7) is 6.56. The van der Waals surface area contributed by atoms with Crippen LogP contribution in [0.4, 0.5) is 0 Å². The maximum atomic E-state index is 11.3. The Morgan fingerprint density at radius 1 is 1.14 bits per heavy atom. The molecule has 0 aliphatic heterocycles. The Labute approximate surface area is 86.1 Å². The fourth-order valence-electron chi connectivity index (χ4n) is 1.93. The van der Waals surface area contributed by atoms with E-state index in [0.717, 1.165) is 19.3 Å². The summed E-state index contributed by atoms with van der Waals surface area (Å²) in [4.78, 5) is 22.6. The third-order valence-electron chi connectivity index (χ3n) is 2.81. The molecule has 1 aliphatic rings. The van der Waals surface area contributed by atoms with Crippen LogP contribution < -0.4 is 0 Å². The van der Waals surface area contributed by atoms with E-state index in [1.807, 2.05) is 0 Å². The minimum absolute atomic E-state index is 0.170. The van der Waals surface area contributed by atoms with Crippen molar-refractivity contribution in [3.05, 3.63) is 0 Å². The van der Waals surface area contributed by atoms with Gasteiger partial charge < -0.3 is 0 Å². The average Bonchev–Trinajstić information content (AvgIpc) is 2.33. The second-order valence-corrected chi connectivity index (χ2v) is 5.44. The molecule has 0 aromatic rings. The highest BCUT2D eigenvalue weighted by Crippen LogP contribution is 2.27. The zero-order valence-electron chi connectivity index (χ0n) is 9.43. The predicted octanol–water partition coefficient (Wildman–Crippen LogP) is 2.75. The Kier molecular flexibility index (Phi) is 3.46. The van der Waals surface area contributed by atoms with Crippen LogP contribution in [0.1, 0.15) is 52.9 Å². The molecular formula is C12H20O2. The van der Waals surface area contributed by atoms with E-state index in [2.05, 4.69) is 20.8 Å². The third-order valence-corrected chi connectivity index (χ3v) is 2.81. The maximum absolute atomic E-state index is 11.3. The van der Waals surface area contributed by atoms with Gasteiger partial charge in [-0.15, -0.1) is 0 Å². The number of hydrogen-bond donors (Lipinski definition) is 0. The predicted molar refractivity (Wildman–Crippen MR) is 56.0 cm³/mol. The fourth-order valence-corrected chi connectivity index (χ4v) is 1.93. The van der Waals surface area contributed by atoms with E-state index in [1.54, 1.807) is 0 Å². The molecule has 0 radical (unpaired) electrons. The van der Waals surface area contributed by atoms with Crippen molar-refractivity contribution in [3.63, 3.8) is 0 Å². The van der Waals surface area contributed by atoms with Crippen LogP contribution >= 0.6 is 0 Å². The van der Waals surface area contributed by atoms with Crippen molar-refractivity contribution >= 4 is 11.6 Å². The lowest BCUT2D eigenvalue weighted by atomic mass is 9.87. The molecule has 0 aromatic heterocycles. The molecule has 0 N–H and O–H groups in total. The van der Waals surface area contributed by atoms with Crippen molar-refractivity contribution < 1.29 is 9.59 Å². The van der Waals surface area contributed by atoms with Gasteiger partial charge in [0.15, 0.2) is 0 Å². The molecule has 1 aliphatic carbocycles. The summed E-state index contributed by atoms with van der Waals surface area (Å²) < 4.78 is 0. The summed E-state index contributed by atoms with van der Waals surface area (Å²) in [6.07, 6.45) is 3.82. The molecule has 0 spiro atoms. The Morgan fingerprint density at radius 3 is 2.07 bits per heavy atom. The molecule has 14 heavy (non-hydrogen) atoms. The van der Waals surface area contributed by atoms with Crippen LogP contribution in [0.5, 0.6) is 0 Å². The van der Waals surface area contributed by atoms with E-state index in [9.17, 15) is 9.59 Å². The van der Waals surface area contributed by atoms with Gasteiger partial charge in [-0.2, -0.15) is 0 Å². The normalized spacial score (nSPS) is 19.4. The number of hydrogen-bond acceptors (Lipinski definition) is 2. The van der Waals surface area contributed by atoms with E-state index in [-0.39, 0.29) is 17.5 Å². The molecule has 0 atom stereocenters. The molecule has 0 bridgehead atoms. The van der Waals surface area contributed by atoms with Gasteiger partial charge in [0.1, 0.15) is 11.6 Å². The molecule has 1 fully saturated rings. The second kappa shape index (κ2) is 4.24. The molecular weight excluding hydrogens is 176 g/mol. The van der Waals surface area contributed by atoms with Crippen molar-refractivity contribution in [2.45, 2.75) is 52.9 Å². The minimum Gasteiger partial charge on any atom is -0.299 e. The molecule has 0 amide bonds. The lowest BCUT2D eigenvalue weighted by molar-refractivity contribution is -0.127. The summed E-state index contributed by atoms with van der Waals surface area (Å²) in [5.74, 6) is 0.0881. The van der Waals surface area contributed by atoms with Crippen molar-refractivity contribution in [1.82, 2.24) is 0 Å². The Hall–Kier alpha value is -0.660. The molecule has 0 aromatic carbocycles. The standard InChI is InChI=1S/C12H20O2/c1-12(2,3)8-4-5-9-10(13)6-7-11(9)14/h9H,4-8H2,1-3H3. The van der Waals surface area contributed by atoms with Gasteiger partial charge in [0.25, 0.3) is 0 Å². The van der Waals surface area contributed by atoms with Crippen LogP contribution in [0.15, 0.2) is 0 Å². The first kappa shape index (κ1) is 11.4. The summed E-state index contributed by atoms with van der Waals surface area (Å²) in [5.41, 5.74) is 0.310. The summed E-state index contributed by atoms with van der Waals surface area (Å²) >= 11 is 0. The number of carbonyl (C=O) groups is 2. The lowest BCUT2D eigenvalue weighted by Gasteiger charge is -2.18. The maximum Gasteiger partial charge on any atom is 0.143 e.